The van der Waals surface area contributed by atoms with Crippen LogP contribution in [0.1, 0.15) is 84.4 Å². The van der Waals surface area contributed by atoms with Crippen LogP contribution in [-0.2, 0) is 11.3 Å². The van der Waals surface area contributed by atoms with E-state index in [1.807, 2.05) is 18.6 Å². The molecule has 6 nitrogen and oxygen atoms in total. The van der Waals surface area contributed by atoms with Crippen LogP contribution in [0.4, 0.5) is 0 Å². The molecule has 4 fully saturated rings. The van der Waals surface area contributed by atoms with Crippen molar-refractivity contribution < 1.29 is 9.84 Å². The fraction of sp³-hybridized carbons (Fsp3) is 0.962. The molecule has 0 aliphatic heterocycles. The van der Waals surface area contributed by atoms with E-state index < -0.39 is 5.60 Å². The molecule has 0 saturated heterocycles. The van der Waals surface area contributed by atoms with E-state index in [4.69, 9.17) is 4.74 Å². The van der Waals surface area contributed by atoms with Gasteiger partial charge in [0.2, 0.25) is 0 Å². The van der Waals surface area contributed by atoms with E-state index in [1.54, 1.807) is 0 Å². The molecule has 1 aromatic heterocycles. The molecule has 4 aliphatic carbocycles. The van der Waals surface area contributed by atoms with Crippen LogP contribution in [0.15, 0.2) is 0 Å². The summed E-state index contributed by atoms with van der Waals surface area (Å²) < 4.78 is 5.65. The zero-order valence-corrected chi connectivity index (χ0v) is 20.7. The second-order valence-electron chi connectivity index (χ2n) is 12.1. The summed E-state index contributed by atoms with van der Waals surface area (Å²) in [6.45, 7) is 11.1. The van der Waals surface area contributed by atoms with E-state index in [2.05, 4.69) is 29.3 Å². The highest BCUT2D eigenvalue weighted by molar-refractivity contribution is 5.07. The SMILES string of the molecule is CCOC[C@@]1(O)CC[C@H]2[C@H](CC[C@@H]3[C@@H]2CC[C@]2(C)[C@@H]([C@@H](C)Cn4nnc(C)n4)CC[C@@H]32)C1. The molecule has 0 amide bonds. The zero-order valence-electron chi connectivity index (χ0n) is 20.7. The highest BCUT2D eigenvalue weighted by atomic mass is 16.5. The predicted octanol–water partition coefficient (Wildman–Crippen LogP) is 4.65. The summed E-state index contributed by atoms with van der Waals surface area (Å²) in [6, 6.07) is 0. The second kappa shape index (κ2) is 8.65. The van der Waals surface area contributed by atoms with E-state index in [9.17, 15) is 5.11 Å². The molecule has 4 saturated carbocycles. The number of hydrogen-bond acceptors (Lipinski definition) is 5. The van der Waals surface area contributed by atoms with E-state index in [0.717, 1.165) is 54.8 Å². The number of fused-ring (bicyclic) bond motifs is 5. The molecule has 0 bridgehead atoms. The largest absolute Gasteiger partial charge is 0.387 e. The number of rotatable bonds is 6. The normalized spacial score (nSPS) is 44.5. The van der Waals surface area contributed by atoms with Crippen molar-refractivity contribution in [1.82, 2.24) is 20.2 Å². The Labute approximate surface area is 193 Å². The summed E-state index contributed by atoms with van der Waals surface area (Å²) in [7, 11) is 0. The molecule has 1 heterocycles. The summed E-state index contributed by atoms with van der Waals surface area (Å²) >= 11 is 0. The molecule has 4 aliphatic rings. The van der Waals surface area contributed by atoms with Crippen molar-refractivity contribution in [3.63, 3.8) is 0 Å². The Bertz CT molecular complexity index is 799. The summed E-state index contributed by atoms with van der Waals surface area (Å²) in [5, 5.41) is 23.9. The van der Waals surface area contributed by atoms with Crippen LogP contribution in [-0.4, -0.2) is 44.1 Å². The van der Waals surface area contributed by atoms with Gasteiger partial charge in [0, 0.05) is 6.61 Å². The van der Waals surface area contributed by atoms with E-state index in [1.165, 1.54) is 44.9 Å². The van der Waals surface area contributed by atoms with Gasteiger partial charge < -0.3 is 9.84 Å². The first-order valence-corrected chi connectivity index (χ1v) is 13.4. The van der Waals surface area contributed by atoms with Crippen molar-refractivity contribution in [2.45, 2.75) is 97.6 Å². The monoisotopic (exact) mass is 444 g/mol. The molecular formula is C26H44N4O2. The van der Waals surface area contributed by atoms with Crippen molar-refractivity contribution in [3.8, 4) is 0 Å². The first-order valence-electron chi connectivity index (χ1n) is 13.4. The van der Waals surface area contributed by atoms with Crippen molar-refractivity contribution in [3.05, 3.63) is 5.82 Å². The van der Waals surface area contributed by atoms with Gasteiger partial charge in [0.25, 0.3) is 0 Å². The summed E-state index contributed by atoms with van der Waals surface area (Å²) in [4.78, 5) is 1.82. The standard InChI is InChI=1S/C26H44N4O2/c1-5-32-16-26(31)13-11-20-19(14-26)6-7-22-21(20)10-12-25(4)23(8-9-24(22)25)17(2)15-30-28-18(3)27-29-30/h17,19-24,31H,5-16H2,1-4H3/t17-,19+,20-,21+,22+,23+,24-,25+,26+/m0/s1. The average Bonchev–Trinajstić information content (AvgIpc) is 3.34. The first kappa shape index (κ1) is 22.8. The lowest BCUT2D eigenvalue weighted by Gasteiger charge is -2.57. The number of hydrogen-bond donors (Lipinski definition) is 1. The van der Waals surface area contributed by atoms with E-state index in [-0.39, 0.29) is 0 Å². The molecule has 1 aromatic rings. The van der Waals surface area contributed by atoms with Gasteiger partial charge in [-0.2, -0.15) is 4.80 Å². The maximum Gasteiger partial charge on any atom is 0.171 e. The van der Waals surface area contributed by atoms with Crippen molar-refractivity contribution >= 4 is 0 Å². The number of nitrogens with zero attached hydrogens (tertiary/aromatic N) is 4. The van der Waals surface area contributed by atoms with Gasteiger partial charge in [-0.3, -0.25) is 0 Å². The Morgan fingerprint density at radius 3 is 2.66 bits per heavy atom. The van der Waals surface area contributed by atoms with Gasteiger partial charge in [0.1, 0.15) is 0 Å². The number of aliphatic hydroxyl groups is 1. The smallest absolute Gasteiger partial charge is 0.171 e. The van der Waals surface area contributed by atoms with E-state index >= 15 is 0 Å². The fourth-order valence-electron chi connectivity index (χ4n) is 9.15. The van der Waals surface area contributed by atoms with Crippen LogP contribution >= 0.6 is 0 Å². The van der Waals surface area contributed by atoms with Crippen LogP contribution in [0.2, 0.25) is 0 Å². The lowest BCUT2D eigenvalue weighted by atomic mass is 9.48. The van der Waals surface area contributed by atoms with Gasteiger partial charge in [0.05, 0.1) is 18.8 Å². The zero-order chi connectivity index (χ0) is 22.5. The molecule has 9 atom stereocenters. The topological polar surface area (TPSA) is 73.1 Å². The third kappa shape index (κ3) is 3.93. The lowest BCUT2D eigenvalue weighted by Crippen LogP contribution is -2.52. The number of ether oxygens (including phenoxy) is 1. The first-order chi connectivity index (χ1) is 15.3. The Hall–Kier alpha value is -1.01. The van der Waals surface area contributed by atoms with Gasteiger partial charge in [-0.1, -0.05) is 13.8 Å². The maximum atomic E-state index is 11.1. The summed E-state index contributed by atoms with van der Waals surface area (Å²) in [5.41, 5.74) is -0.109. The van der Waals surface area contributed by atoms with Crippen molar-refractivity contribution in [2.75, 3.05) is 13.2 Å². The van der Waals surface area contributed by atoms with Crippen molar-refractivity contribution in [2.24, 2.45) is 46.8 Å². The van der Waals surface area contributed by atoms with E-state index in [0.29, 0.717) is 30.5 Å². The summed E-state index contributed by atoms with van der Waals surface area (Å²) in [6.07, 6.45) is 11.3. The van der Waals surface area contributed by atoms with Gasteiger partial charge >= 0.3 is 0 Å². The maximum absolute atomic E-state index is 11.1. The van der Waals surface area contributed by atoms with Crippen LogP contribution < -0.4 is 0 Å². The molecule has 0 aromatic carbocycles. The molecule has 5 rings (SSSR count). The molecule has 32 heavy (non-hydrogen) atoms. The Morgan fingerprint density at radius 1 is 1.09 bits per heavy atom. The molecule has 180 valence electrons. The lowest BCUT2D eigenvalue weighted by molar-refractivity contribution is -0.129. The predicted molar refractivity (Wildman–Crippen MR) is 124 cm³/mol. The minimum atomic E-state index is -0.575. The highest BCUT2D eigenvalue weighted by Gasteiger charge is 2.58. The van der Waals surface area contributed by atoms with Crippen LogP contribution in [0, 0.1) is 53.8 Å². The fourth-order valence-corrected chi connectivity index (χ4v) is 9.15. The second-order valence-corrected chi connectivity index (χ2v) is 12.1. The van der Waals surface area contributed by atoms with Gasteiger partial charge in [-0.15, -0.1) is 10.2 Å². The quantitative estimate of drug-likeness (QED) is 0.691. The third-order valence-electron chi connectivity index (χ3n) is 10.4. The Balaban J connectivity index is 1.26. The van der Waals surface area contributed by atoms with Gasteiger partial charge in [-0.25, -0.2) is 0 Å². The van der Waals surface area contributed by atoms with Crippen molar-refractivity contribution in [1.29, 1.82) is 0 Å². The van der Waals surface area contributed by atoms with Crippen LogP contribution in [0.5, 0.6) is 0 Å². The molecule has 0 radical (unpaired) electrons. The molecule has 0 spiro atoms. The number of aryl methyl sites for hydroxylation is 1. The molecular weight excluding hydrogens is 400 g/mol. The number of tetrazole rings is 1. The molecule has 1 N–H and O–H groups in total. The Morgan fingerprint density at radius 2 is 1.91 bits per heavy atom. The van der Waals surface area contributed by atoms with Crippen LogP contribution in [0.3, 0.4) is 0 Å². The third-order valence-corrected chi connectivity index (χ3v) is 10.4. The Kier molecular flexibility index (Phi) is 6.15. The average molecular weight is 445 g/mol. The highest BCUT2D eigenvalue weighted by Crippen LogP contribution is 2.65. The van der Waals surface area contributed by atoms with Gasteiger partial charge in [0.15, 0.2) is 5.82 Å². The number of aromatic nitrogens is 4. The van der Waals surface area contributed by atoms with Gasteiger partial charge in [-0.05, 0) is 124 Å². The van der Waals surface area contributed by atoms with Crippen LogP contribution in [0.25, 0.3) is 0 Å². The summed E-state index contributed by atoms with van der Waals surface area (Å²) in [5.74, 6) is 6.33. The minimum Gasteiger partial charge on any atom is -0.387 e. The minimum absolute atomic E-state index is 0.466. The molecule has 0 unspecified atom stereocenters. The molecule has 6 heteroatoms.